The molecule has 2 amide bonds. The van der Waals surface area contributed by atoms with Crippen LogP contribution in [-0.4, -0.2) is 83.0 Å². The van der Waals surface area contributed by atoms with Gasteiger partial charge in [0, 0.05) is 37.2 Å². The molecule has 194 valence electrons. The molecule has 4 heterocycles. The van der Waals surface area contributed by atoms with Gasteiger partial charge < -0.3 is 24.6 Å². The van der Waals surface area contributed by atoms with Gasteiger partial charge >= 0.3 is 0 Å². The van der Waals surface area contributed by atoms with Gasteiger partial charge in [0.25, 0.3) is 5.91 Å². The van der Waals surface area contributed by atoms with Crippen molar-refractivity contribution in [2.75, 3.05) is 50.7 Å². The molecule has 2 aromatic rings. The molecule has 8 nitrogen and oxygen atoms in total. The van der Waals surface area contributed by atoms with Crippen LogP contribution in [0.2, 0.25) is 0 Å². The summed E-state index contributed by atoms with van der Waals surface area (Å²) in [6, 6.07) is 8.19. The van der Waals surface area contributed by atoms with Crippen molar-refractivity contribution in [1.82, 2.24) is 24.7 Å². The molecule has 0 spiro atoms. The summed E-state index contributed by atoms with van der Waals surface area (Å²) in [5.74, 6) is -0.136. The zero-order valence-corrected chi connectivity index (χ0v) is 21.4. The van der Waals surface area contributed by atoms with Crippen molar-refractivity contribution in [2.24, 2.45) is 0 Å². The van der Waals surface area contributed by atoms with Crippen molar-refractivity contribution in [3.63, 3.8) is 0 Å². The van der Waals surface area contributed by atoms with E-state index in [0.29, 0.717) is 13.1 Å². The summed E-state index contributed by atoms with van der Waals surface area (Å²) in [4.78, 5) is 37.5. The molecule has 2 saturated heterocycles. The van der Waals surface area contributed by atoms with E-state index in [0.717, 1.165) is 44.2 Å². The third-order valence-corrected chi connectivity index (χ3v) is 8.14. The maximum absolute atomic E-state index is 13.5. The summed E-state index contributed by atoms with van der Waals surface area (Å²) in [6.45, 7) is 7.18. The van der Waals surface area contributed by atoms with Crippen LogP contribution in [0, 0.1) is 0 Å². The van der Waals surface area contributed by atoms with Crippen LogP contribution in [0.25, 0.3) is 0 Å². The van der Waals surface area contributed by atoms with Crippen LogP contribution >= 0.6 is 0 Å². The number of carbonyl (C=O) groups excluding carboxylic acids is 2. The van der Waals surface area contributed by atoms with Crippen LogP contribution in [0.5, 0.6) is 0 Å². The van der Waals surface area contributed by atoms with E-state index in [1.165, 1.54) is 50.8 Å². The number of carbonyl (C=O) groups is 2. The third-order valence-electron chi connectivity index (χ3n) is 8.14. The zero-order valence-electron chi connectivity index (χ0n) is 21.4. The molecular formula is C28H40N6O2. The van der Waals surface area contributed by atoms with Crippen LogP contribution in [0.4, 0.5) is 5.69 Å². The first-order valence-electron chi connectivity index (χ1n) is 13.8. The lowest BCUT2D eigenvalue weighted by Gasteiger charge is -2.40. The summed E-state index contributed by atoms with van der Waals surface area (Å²) >= 11 is 0. The van der Waals surface area contributed by atoms with Gasteiger partial charge in [-0.1, -0.05) is 24.6 Å². The Morgan fingerprint density at radius 2 is 1.83 bits per heavy atom. The lowest BCUT2D eigenvalue weighted by molar-refractivity contribution is -0.128. The molecule has 0 radical (unpaired) electrons. The van der Waals surface area contributed by atoms with Crippen LogP contribution in [0.1, 0.15) is 56.6 Å². The monoisotopic (exact) mass is 492 g/mol. The standard InChI is InChI=1S/C28H40N6O2/c35-27(30-12-6-14-31-17-10-24(11-18-31)32-15-4-1-5-16-32)21-26(33-20-13-29-22-33)28(36)34-19-9-23-7-2-3-8-25(23)34/h2-3,7-8,13,20,22,24,26H,1,4-6,9-12,14-19,21H2,(H,30,35). The SMILES string of the molecule is O=C(CC(C(=O)N1CCc2ccccc21)n1ccnc1)NCCCN1CCC(N2CCCCC2)CC1. The average molecular weight is 493 g/mol. The van der Waals surface area contributed by atoms with Crippen LogP contribution < -0.4 is 10.2 Å². The van der Waals surface area contributed by atoms with Gasteiger partial charge in [-0.15, -0.1) is 0 Å². The minimum atomic E-state index is -0.590. The van der Waals surface area contributed by atoms with Crippen molar-refractivity contribution < 1.29 is 9.59 Å². The molecule has 1 aromatic heterocycles. The summed E-state index contributed by atoms with van der Waals surface area (Å²) in [7, 11) is 0. The Hall–Kier alpha value is -2.71. The maximum Gasteiger partial charge on any atom is 0.250 e. The molecule has 5 rings (SSSR count). The Balaban J connectivity index is 1.07. The molecule has 1 N–H and O–H groups in total. The average Bonchev–Trinajstić information content (AvgIpc) is 3.61. The topological polar surface area (TPSA) is 73.7 Å². The highest BCUT2D eigenvalue weighted by Crippen LogP contribution is 2.30. The van der Waals surface area contributed by atoms with Crippen LogP contribution in [-0.2, 0) is 16.0 Å². The van der Waals surface area contributed by atoms with Gasteiger partial charge in [-0.25, -0.2) is 4.98 Å². The molecule has 0 saturated carbocycles. The van der Waals surface area contributed by atoms with E-state index in [2.05, 4.69) is 26.2 Å². The van der Waals surface area contributed by atoms with Gasteiger partial charge in [0.1, 0.15) is 6.04 Å². The minimum Gasteiger partial charge on any atom is -0.356 e. The quantitative estimate of drug-likeness (QED) is 0.545. The number of hydrogen-bond acceptors (Lipinski definition) is 5. The highest BCUT2D eigenvalue weighted by atomic mass is 16.2. The van der Waals surface area contributed by atoms with E-state index in [4.69, 9.17) is 0 Å². The number of imidazole rings is 1. The van der Waals surface area contributed by atoms with Crippen LogP contribution in [0.15, 0.2) is 43.0 Å². The first-order chi connectivity index (χ1) is 17.7. The molecule has 36 heavy (non-hydrogen) atoms. The number of hydrogen-bond donors (Lipinski definition) is 1. The van der Waals surface area contributed by atoms with Crippen LogP contribution in [0.3, 0.4) is 0 Å². The predicted octanol–water partition coefficient (Wildman–Crippen LogP) is 2.86. The number of aromatic nitrogens is 2. The smallest absolute Gasteiger partial charge is 0.250 e. The fraction of sp³-hybridized carbons (Fsp3) is 0.607. The first-order valence-corrected chi connectivity index (χ1v) is 13.8. The molecule has 3 aliphatic rings. The van der Waals surface area contributed by atoms with Gasteiger partial charge in [0.2, 0.25) is 5.91 Å². The summed E-state index contributed by atoms with van der Waals surface area (Å²) in [6.07, 6.45) is 13.6. The number of piperidine rings is 2. The summed E-state index contributed by atoms with van der Waals surface area (Å²) < 4.78 is 1.76. The summed E-state index contributed by atoms with van der Waals surface area (Å²) in [5.41, 5.74) is 2.14. The second-order valence-electron chi connectivity index (χ2n) is 10.5. The molecular weight excluding hydrogens is 452 g/mol. The molecule has 2 fully saturated rings. The van der Waals surface area contributed by atoms with Gasteiger partial charge in [0.15, 0.2) is 0 Å². The molecule has 0 bridgehead atoms. The van der Waals surface area contributed by atoms with E-state index in [1.54, 1.807) is 23.3 Å². The van der Waals surface area contributed by atoms with Crippen molar-refractivity contribution in [3.05, 3.63) is 48.5 Å². The number of nitrogens with zero attached hydrogens (tertiary/aromatic N) is 5. The normalized spacial score (nSPS) is 20.3. The first kappa shape index (κ1) is 25.0. The second kappa shape index (κ2) is 12.0. The van der Waals surface area contributed by atoms with Crippen molar-refractivity contribution in [1.29, 1.82) is 0 Å². The van der Waals surface area contributed by atoms with Gasteiger partial charge in [-0.3, -0.25) is 9.59 Å². The van der Waals surface area contributed by atoms with E-state index in [-0.39, 0.29) is 18.2 Å². The molecule has 1 atom stereocenters. The molecule has 8 heteroatoms. The molecule has 1 aromatic carbocycles. The minimum absolute atomic E-state index is 0.0512. The van der Waals surface area contributed by atoms with E-state index < -0.39 is 6.04 Å². The molecule has 3 aliphatic heterocycles. The van der Waals surface area contributed by atoms with Gasteiger partial charge in [-0.05, 0) is 82.9 Å². The largest absolute Gasteiger partial charge is 0.356 e. The van der Waals surface area contributed by atoms with E-state index >= 15 is 0 Å². The summed E-state index contributed by atoms with van der Waals surface area (Å²) in [5, 5.41) is 3.06. The number of nitrogens with one attached hydrogen (secondary N) is 1. The number of rotatable bonds is 9. The number of fused-ring (bicyclic) bond motifs is 1. The lowest BCUT2D eigenvalue weighted by atomic mass is 10.00. The van der Waals surface area contributed by atoms with E-state index in [1.807, 2.05) is 23.1 Å². The highest BCUT2D eigenvalue weighted by Gasteiger charge is 2.32. The Labute approximate surface area is 214 Å². The number of para-hydroxylation sites is 1. The number of anilines is 1. The molecule has 1 unspecified atom stereocenters. The Morgan fingerprint density at radius 1 is 1.03 bits per heavy atom. The zero-order chi connectivity index (χ0) is 24.7. The fourth-order valence-corrected chi connectivity index (χ4v) is 6.09. The Bertz CT molecular complexity index is 995. The van der Waals surface area contributed by atoms with Gasteiger partial charge in [0.05, 0.1) is 12.7 Å². The van der Waals surface area contributed by atoms with Crippen molar-refractivity contribution in [3.8, 4) is 0 Å². The van der Waals surface area contributed by atoms with Crippen molar-refractivity contribution in [2.45, 2.75) is 63.5 Å². The second-order valence-corrected chi connectivity index (χ2v) is 10.5. The third kappa shape index (κ3) is 5.98. The lowest BCUT2D eigenvalue weighted by Crippen LogP contribution is -2.47. The van der Waals surface area contributed by atoms with E-state index in [9.17, 15) is 9.59 Å². The fourth-order valence-electron chi connectivity index (χ4n) is 6.09. The molecule has 0 aliphatic carbocycles. The highest BCUT2D eigenvalue weighted by molar-refractivity contribution is 6.00. The Morgan fingerprint density at radius 3 is 2.61 bits per heavy atom. The van der Waals surface area contributed by atoms with Gasteiger partial charge in [-0.2, -0.15) is 0 Å². The number of amides is 2. The number of likely N-dealkylation sites (tertiary alicyclic amines) is 2. The van der Waals surface area contributed by atoms with Crippen molar-refractivity contribution >= 4 is 17.5 Å². The number of benzene rings is 1. The predicted molar refractivity (Wildman–Crippen MR) is 141 cm³/mol. The maximum atomic E-state index is 13.5. The Kier molecular flexibility index (Phi) is 8.33.